The highest BCUT2D eigenvalue weighted by Gasteiger charge is 2.29. The third kappa shape index (κ3) is 6.21. The molecule has 0 aliphatic heterocycles. The molecular weight excluding hydrogens is 394 g/mol. The predicted octanol–water partition coefficient (Wildman–Crippen LogP) is 2.40. The molecule has 0 heterocycles. The first-order valence-corrected chi connectivity index (χ1v) is 10.8. The van der Waals surface area contributed by atoms with Gasteiger partial charge >= 0.3 is 0 Å². The van der Waals surface area contributed by atoms with Crippen molar-refractivity contribution in [2.75, 3.05) is 24.3 Å². The molecule has 1 amide bonds. The minimum atomic E-state index is -3.70. The number of nitrogens with one attached hydrogen (secondary N) is 1. The normalized spacial score (nSPS) is 12.4. The summed E-state index contributed by atoms with van der Waals surface area (Å²) in [6.07, 6.45) is 2.52. The van der Waals surface area contributed by atoms with Crippen LogP contribution in [0.4, 0.5) is 5.69 Å². The number of anilines is 1. The van der Waals surface area contributed by atoms with E-state index in [9.17, 15) is 13.2 Å². The average molecular weight is 420 g/mol. The highest BCUT2D eigenvalue weighted by Crippen LogP contribution is 2.23. The molecule has 0 spiro atoms. The summed E-state index contributed by atoms with van der Waals surface area (Å²) in [7, 11) is -2.19. The lowest BCUT2D eigenvalue weighted by molar-refractivity contribution is -0.121. The Hall–Kier alpha value is -3.07. The van der Waals surface area contributed by atoms with Gasteiger partial charge in [0.25, 0.3) is 5.91 Å². The molecule has 156 valence electrons. The second-order valence-corrected chi connectivity index (χ2v) is 8.03. The number of hydrazone groups is 1. The second kappa shape index (κ2) is 9.92. The third-order valence-corrected chi connectivity index (χ3v) is 5.24. The molecule has 0 aliphatic carbocycles. The molecule has 0 aliphatic rings. The Morgan fingerprint density at radius 3 is 2.24 bits per heavy atom. The SMILES string of the molecule is CCOc1ccc(/C=N\NC(=O)[C@@H](C)N(c2ccc(OC)cc2)S(C)(=O)=O)cc1. The molecule has 9 heteroatoms. The number of carbonyl (C=O) groups excluding carboxylic acids is 1. The number of carbonyl (C=O) groups is 1. The smallest absolute Gasteiger partial charge is 0.263 e. The van der Waals surface area contributed by atoms with Crippen LogP contribution in [0.25, 0.3) is 0 Å². The Morgan fingerprint density at radius 1 is 1.14 bits per heavy atom. The fourth-order valence-corrected chi connectivity index (χ4v) is 3.79. The van der Waals surface area contributed by atoms with E-state index in [0.717, 1.165) is 21.9 Å². The van der Waals surface area contributed by atoms with E-state index in [2.05, 4.69) is 10.5 Å². The fourth-order valence-electron chi connectivity index (χ4n) is 2.62. The zero-order valence-corrected chi connectivity index (χ0v) is 17.6. The van der Waals surface area contributed by atoms with Crippen LogP contribution >= 0.6 is 0 Å². The zero-order valence-electron chi connectivity index (χ0n) is 16.8. The van der Waals surface area contributed by atoms with Crippen molar-refractivity contribution in [2.24, 2.45) is 5.10 Å². The fraction of sp³-hybridized carbons (Fsp3) is 0.300. The number of rotatable bonds is 9. The highest BCUT2D eigenvalue weighted by molar-refractivity contribution is 7.92. The van der Waals surface area contributed by atoms with Gasteiger partial charge in [0.1, 0.15) is 17.5 Å². The average Bonchev–Trinajstić information content (AvgIpc) is 2.69. The summed E-state index contributed by atoms with van der Waals surface area (Å²) in [5.41, 5.74) is 3.50. The van der Waals surface area contributed by atoms with Crippen molar-refractivity contribution >= 4 is 27.8 Å². The number of hydrogen-bond donors (Lipinski definition) is 1. The molecule has 8 nitrogen and oxygen atoms in total. The standard InChI is InChI=1S/C20H25N3O5S/c1-5-28-19-10-6-16(7-11-19)14-21-22-20(24)15(2)23(29(4,25)26)17-8-12-18(27-3)13-9-17/h6-15H,5H2,1-4H3,(H,22,24)/b21-14-/t15-/m1/s1. The van der Waals surface area contributed by atoms with Crippen molar-refractivity contribution in [2.45, 2.75) is 19.9 Å². The number of sulfonamides is 1. The number of nitrogens with zero attached hydrogens (tertiary/aromatic N) is 2. The molecule has 0 unspecified atom stereocenters. The van der Waals surface area contributed by atoms with Gasteiger partial charge < -0.3 is 9.47 Å². The summed E-state index contributed by atoms with van der Waals surface area (Å²) in [5, 5.41) is 3.92. The minimum Gasteiger partial charge on any atom is -0.497 e. The lowest BCUT2D eigenvalue weighted by Crippen LogP contribution is -2.46. The van der Waals surface area contributed by atoms with Crippen molar-refractivity contribution in [1.29, 1.82) is 0 Å². The maximum Gasteiger partial charge on any atom is 0.263 e. The molecule has 1 N–H and O–H groups in total. The van der Waals surface area contributed by atoms with Gasteiger partial charge in [-0.25, -0.2) is 13.8 Å². The summed E-state index contributed by atoms with van der Waals surface area (Å²) >= 11 is 0. The number of methoxy groups -OCH3 is 1. The summed E-state index contributed by atoms with van der Waals surface area (Å²) in [4.78, 5) is 12.5. The van der Waals surface area contributed by atoms with Crippen molar-refractivity contribution in [1.82, 2.24) is 5.43 Å². The minimum absolute atomic E-state index is 0.353. The largest absolute Gasteiger partial charge is 0.497 e. The van der Waals surface area contributed by atoms with Crippen LogP contribution < -0.4 is 19.2 Å². The summed E-state index contributed by atoms with van der Waals surface area (Å²) in [6, 6.07) is 12.6. The number of ether oxygens (including phenoxy) is 2. The van der Waals surface area contributed by atoms with Gasteiger partial charge in [-0.3, -0.25) is 9.10 Å². The Labute approximate surface area is 171 Å². The second-order valence-electron chi connectivity index (χ2n) is 6.17. The van der Waals surface area contributed by atoms with Crippen LogP contribution in [-0.4, -0.2) is 46.6 Å². The van der Waals surface area contributed by atoms with E-state index in [1.165, 1.54) is 20.2 Å². The monoisotopic (exact) mass is 419 g/mol. The molecule has 0 fully saturated rings. The topological polar surface area (TPSA) is 97.3 Å². The van der Waals surface area contributed by atoms with Gasteiger partial charge in [0.2, 0.25) is 10.0 Å². The van der Waals surface area contributed by atoms with Crippen LogP contribution in [0.2, 0.25) is 0 Å². The Kier molecular flexibility index (Phi) is 7.60. The Balaban J connectivity index is 2.10. The quantitative estimate of drug-likeness (QED) is 0.497. The molecule has 0 saturated heterocycles. The molecule has 0 bridgehead atoms. The first-order chi connectivity index (χ1) is 13.8. The van der Waals surface area contributed by atoms with Gasteiger partial charge in [-0.05, 0) is 67.9 Å². The first-order valence-electron chi connectivity index (χ1n) is 8.95. The predicted molar refractivity (Wildman–Crippen MR) is 113 cm³/mol. The van der Waals surface area contributed by atoms with Crippen LogP contribution in [0.1, 0.15) is 19.4 Å². The number of benzene rings is 2. The number of amides is 1. The lowest BCUT2D eigenvalue weighted by atomic mass is 10.2. The van der Waals surface area contributed by atoms with E-state index in [0.29, 0.717) is 18.0 Å². The summed E-state index contributed by atoms with van der Waals surface area (Å²) < 4.78 is 36.0. The van der Waals surface area contributed by atoms with Crippen LogP contribution in [-0.2, 0) is 14.8 Å². The molecule has 2 aromatic carbocycles. The molecule has 0 radical (unpaired) electrons. The molecule has 2 rings (SSSR count). The van der Waals surface area contributed by atoms with Gasteiger partial charge in [0.05, 0.1) is 31.9 Å². The molecule has 0 saturated carbocycles. The van der Waals surface area contributed by atoms with Crippen molar-refractivity contribution in [3.8, 4) is 11.5 Å². The van der Waals surface area contributed by atoms with Crippen molar-refractivity contribution in [3.63, 3.8) is 0 Å². The Bertz CT molecular complexity index is 941. The van der Waals surface area contributed by atoms with Gasteiger partial charge in [0.15, 0.2) is 0 Å². The summed E-state index contributed by atoms with van der Waals surface area (Å²) in [5.74, 6) is 0.762. The van der Waals surface area contributed by atoms with Crippen LogP contribution in [0.5, 0.6) is 11.5 Å². The Morgan fingerprint density at radius 2 is 1.72 bits per heavy atom. The van der Waals surface area contributed by atoms with Crippen LogP contribution in [0.15, 0.2) is 53.6 Å². The van der Waals surface area contributed by atoms with Gasteiger partial charge in [-0.1, -0.05) is 0 Å². The van der Waals surface area contributed by atoms with Crippen molar-refractivity contribution < 1.29 is 22.7 Å². The van der Waals surface area contributed by atoms with Gasteiger partial charge in [-0.2, -0.15) is 5.10 Å². The maximum absolute atomic E-state index is 12.5. The summed E-state index contributed by atoms with van der Waals surface area (Å²) in [6.45, 7) is 3.97. The highest BCUT2D eigenvalue weighted by atomic mass is 32.2. The maximum atomic E-state index is 12.5. The number of hydrogen-bond acceptors (Lipinski definition) is 6. The molecule has 29 heavy (non-hydrogen) atoms. The molecule has 0 aromatic heterocycles. The van der Waals surface area contributed by atoms with Crippen LogP contribution in [0.3, 0.4) is 0 Å². The van der Waals surface area contributed by atoms with E-state index in [1.54, 1.807) is 48.5 Å². The molecule has 1 atom stereocenters. The zero-order chi connectivity index (χ0) is 21.4. The van der Waals surface area contributed by atoms with E-state index < -0.39 is 22.0 Å². The van der Waals surface area contributed by atoms with E-state index >= 15 is 0 Å². The molecule has 2 aromatic rings. The first kappa shape index (κ1) is 22.2. The molecular formula is C20H25N3O5S. The van der Waals surface area contributed by atoms with Gasteiger partial charge in [-0.15, -0.1) is 0 Å². The third-order valence-electron chi connectivity index (χ3n) is 3.99. The van der Waals surface area contributed by atoms with Crippen molar-refractivity contribution in [3.05, 3.63) is 54.1 Å². The van der Waals surface area contributed by atoms with E-state index in [-0.39, 0.29) is 0 Å². The van der Waals surface area contributed by atoms with E-state index in [1.807, 2.05) is 6.92 Å². The van der Waals surface area contributed by atoms with Crippen LogP contribution in [0, 0.1) is 0 Å². The van der Waals surface area contributed by atoms with E-state index in [4.69, 9.17) is 9.47 Å². The van der Waals surface area contributed by atoms with Gasteiger partial charge in [0, 0.05) is 0 Å². The lowest BCUT2D eigenvalue weighted by Gasteiger charge is -2.27.